The van der Waals surface area contributed by atoms with Crippen molar-refractivity contribution in [3.8, 4) is 6.07 Å². The number of Topliss-reactive ketones (excluding diaryl/α,β-unsaturated/α-hetero) is 1. The van der Waals surface area contributed by atoms with Gasteiger partial charge in [0, 0.05) is 13.0 Å². The predicted molar refractivity (Wildman–Crippen MR) is 73.9 cm³/mol. The van der Waals surface area contributed by atoms with E-state index in [-0.39, 0.29) is 16.4 Å². The standard InChI is InChI=1S/C14H16N2O3S/c15-10-12-3-1-5-14(9-12)20(18,19)8-7-16-6-2-4-13(17)11-16/h1,3,5,9H,2,4,6-8,11H2. The van der Waals surface area contributed by atoms with Crippen molar-refractivity contribution < 1.29 is 13.2 Å². The lowest BCUT2D eigenvalue weighted by molar-refractivity contribution is -0.122. The maximum absolute atomic E-state index is 12.2. The molecule has 1 aromatic rings. The number of hydrogen-bond donors (Lipinski definition) is 0. The van der Waals surface area contributed by atoms with Crippen LogP contribution < -0.4 is 0 Å². The van der Waals surface area contributed by atoms with Crippen molar-refractivity contribution in [1.82, 2.24) is 4.90 Å². The fourth-order valence-corrected chi connectivity index (χ4v) is 3.55. The monoisotopic (exact) mass is 292 g/mol. The summed E-state index contributed by atoms with van der Waals surface area (Å²) in [5.41, 5.74) is 0.333. The summed E-state index contributed by atoms with van der Waals surface area (Å²) in [6, 6.07) is 7.95. The maximum atomic E-state index is 12.2. The summed E-state index contributed by atoms with van der Waals surface area (Å²) >= 11 is 0. The van der Waals surface area contributed by atoms with Crippen LogP contribution in [-0.4, -0.2) is 44.5 Å². The smallest absolute Gasteiger partial charge is 0.179 e. The van der Waals surface area contributed by atoms with Crippen LogP contribution >= 0.6 is 0 Å². The normalized spacial score (nSPS) is 16.9. The molecule has 0 N–H and O–H groups in total. The van der Waals surface area contributed by atoms with E-state index in [0.717, 1.165) is 13.0 Å². The van der Waals surface area contributed by atoms with Crippen LogP contribution in [0.4, 0.5) is 0 Å². The van der Waals surface area contributed by atoms with Crippen molar-refractivity contribution in [2.75, 3.05) is 25.4 Å². The molecule has 0 atom stereocenters. The third kappa shape index (κ3) is 3.65. The first-order valence-corrected chi connectivity index (χ1v) is 8.13. The highest BCUT2D eigenvalue weighted by Crippen LogP contribution is 2.14. The van der Waals surface area contributed by atoms with Gasteiger partial charge in [-0.1, -0.05) is 6.07 Å². The Morgan fingerprint density at radius 1 is 1.35 bits per heavy atom. The Bertz CT molecular complexity index is 647. The number of hydrogen-bond acceptors (Lipinski definition) is 5. The average molecular weight is 292 g/mol. The van der Waals surface area contributed by atoms with Gasteiger partial charge in [0.2, 0.25) is 0 Å². The van der Waals surface area contributed by atoms with Crippen molar-refractivity contribution >= 4 is 15.6 Å². The molecule has 0 spiro atoms. The van der Waals surface area contributed by atoms with Crippen molar-refractivity contribution in [3.63, 3.8) is 0 Å². The molecule has 0 aromatic heterocycles. The first kappa shape index (κ1) is 14.7. The van der Waals surface area contributed by atoms with E-state index in [4.69, 9.17) is 5.26 Å². The Kier molecular flexibility index (Phi) is 4.53. The van der Waals surface area contributed by atoms with E-state index in [9.17, 15) is 13.2 Å². The minimum Gasteiger partial charge on any atom is -0.298 e. The minimum absolute atomic E-state index is 0.0326. The quantitative estimate of drug-likeness (QED) is 0.827. The van der Waals surface area contributed by atoms with Crippen LogP contribution in [0.5, 0.6) is 0 Å². The Balaban J connectivity index is 2.03. The molecule has 6 heteroatoms. The molecule has 0 saturated carbocycles. The summed E-state index contributed by atoms with van der Waals surface area (Å²) in [4.78, 5) is 13.4. The number of nitriles is 1. The van der Waals surface area contributed by atoms with Gasteiger partial charge in [-0.25, -0.2) is 8.42 Å². The SMILES string of the molecule is N#Cc1cccc(S(=O)(=O)CCN2CCCC(=O)C2)c1. The highest BCUT2D eigenvalue weighted by molar-refractivity contribution is 7.91. The second-order valence-electron chi connectivity index (χ2n) is 4.88. The number of benzene rings is 1. The van der Waals surface area contributed by atoms with Gasteiger partial charge in [0.05, 0.1) is 28.8 Å². The highest BCUT2D eigenvalue weighted by atomic mass is 32.2. The summed E-state index contributed by atoms with van der Waals surface area (Å²) in [7, 11) is -3.41. The summed E-state index contributed by atoms with van der Waals surface area (Å²) in [5.74, 6) is 0.134. The molecule has 1 aliphatic rings. The number of sulfone groups is 1. The Hall–Kier alpha value is -1.71. The van der Waals surface area contributed by atoms with Gasteiger partial charge in [-0.3, -0.25) is 9.69 Å². The molecule has 1 saturated heterocycles. The van der Waals surface area contributed by atoms with Crippen LogP contribution in [0.3, 0.4) is 0 Å². The molecule has 1 fully saturated rings. The number of ketones is 1. The van der Waals surface area contributed by atoms with Gasteiger partial charge >= 0.3 is 0 Å². The highest BCUT2D eigenvalue weighted by Gasteiger charge is 2.20. The average Bonchev–Trinajstić information content (AvgIpc) is 2.45. The fraction of sp³-hybridized carbons (Fsp3) is 0.429. The zero-order valence-corrected chi connectivity index (χ0v) is 11.9. The molecule has 1 aliphatic heterocycles. The zero-order chi connectivity index (χ0) is 14.6. The third-order valence-corrected chi connectivity index (χ3v) is 5.02. The van der Waals surface area contributed by atoms with Crippen LogP contribution in [0.2, 0.25) is 0 Å². The van der Waals surface area contributed by atoms with Crippen LogP contribution in [0.25, 0.3) is 0 Å². The molecular weight excluding hydrogens is 276 g/mol. The number of piperidine rings is 1. The van der Waals surface area contributed by atoms with E-state index in [1.807, 2.05) is 11.0 Å². The number of carbonyl (C=O) groups is 1. The Labute approximate surface area is 118 Å². The number of rotatable bonds is 4. The van der Waals surface area contributed by atoms with Gasteiger partial charge in [0.1, 0.15) is 5.78 Å². The summed E-state index contributed by atoms with van der Waals surface area (Å²) in [5, 5.41) is 8.80. The molecule has 20 heavy (non-hydrogen) atoms. The lowest BCUT2D eigenvalue weighted by Crippen LogP contribution is -2.38. The summed E-state index contributed by atoms with van der Waals surface area (Å²) in [6.07, 6.45) is 1.39. The predicted octanol–water partition coefficient (Wildman–Crippen LogP) is 0.997. The van der Waals surface area contributed by atoms with E-state index in [0.29, 0.717) is 25.1 Å². The molecule has 1 heterocycles. The van der Waals surface area contributed by atoms with Crippen molar-refractivity contribution in [2.45, 2.75) is 17.7 Å². The fourth-order valence-electron chi connectivity index (χ4n) is 2.22. The molecule has 106 valence electrons. The molecule has 0 unspecified atom stereocenters. The van der Waals surface area contributed by atoms with E-state index < -0.39 is 9.84 Å². The first-order valence-electron chi connectivity index (χ1n) is 6.48. The molecule has 1 aromatic carbocycles. The number of nitrogens with zero attached hydrogens (tertiary/aromatic N) is 2. The van der Waals surface area contributed by atoms with E-state index in [2.05, 4.69) is 0 Å². The van der Waals surface area contributed by atoms with E-state index >= 15 is 0 Å². The summed E-state index contributed by atoms with van der Waals surface area (Å²) < 4.78 is 24.4. The number of carbonyl (C=O) groups excluding carboxylic acids is 1. The lowest BCUT2D eigenvalue weighted by atomic mass is 10.1. The third-order valence-electron chi connectivity index (χ3n) is 3.33. The zero-order valence-electron chi connectivity index (χ0n) is 11.1. The van der Waals surface area contributed by atoms with Gasteiger partial charge in [0.25, 0.3) is 0 Å². The first-order chi connectivity index (χ1) is 9.51. The van der Waals surface area contributed by atoms with Gasteiger partial charge in [-0.2, -0.15) is 5.26 Å². The molecule has 0 bridgehead atoms. The topological polar surface area (TPSA) is 78.2 Å². The number of likely N-dealkylation sites (tertiary alicyclic amines) is 1. The molecule has 0 aliphatic carbocycles. The molecule has 2 rings (SSSR count). The van der Waals surface area contributed by atoms with Crippen molar-refractivity contribution in [1.29, 1.82) is 5.26 Å². The van der Waals surface area contributed by atoms with E-state index in [1.54, 1.807) is 12.1 Å². The largest absolute Gasteiger partial charge is 0.298 e. The van der Waals surface area contributed by atoms with Crippen LogP contribution in [0, 0.1) is 11.3 Å². The second kappa shape index (κ2) is 6.16. The molecular formula is C14H16N2O3S. The van der Waals surface area contributed by atoms with Crippen LogP contribution in [0.1, 0.15) is 18.4 Å². The second-order valence-corrected chi connectivity index (χ2v) is 6.99. The van der Waals surface area contributed by atoms with Gasteiger partial charge in [-0.15, -0.1) is 0 Å². The lowest BCUT2D eigenvalue weighted by Gasteiger charge is -2.25. The van der Waals surface area contributed by atoms with Crippen LogP contribution in [-0.2, 0) is 14.6 Å². The van der Waals surface area contributed by atoms with Crippen molar-refractivity contribution in [2.24, 2.45) is 0 Å². The van der Waals surface area contributed by atoms with Gasteiger partial charge in [0.15, 0.2) is 9.84 Å². The molecule has 5 nitrogen and oxygen atoms in total. The Morgan fingerprint density at radius 3 is 2.85 bits per heavy atom. The van der Waals surface area contributed by atoms with Gasteiger partial charge < -0.3 is 0 Å². The maximum Gasteiger partial charge on any atom is 0.179 e. The van der Waals surface area contributed by atoms with E-state index in [1.165, 1.54) is 12.1 Å². The van der Waals surface area contributed by atoms with Gasteiger partial charge in [-0.05, 0) is 31.2 Å². The minimum atomic E-state index is -3.41. The van der Waals surface area contributed by atoms with Crippen LogP contribution in [0.15, 0.2) is 29.2 Å². The Morgan fingerprint density at radius 2 is 2.15 bits per heavy atom. The molecule has 0 amide bonds. The summed E-state index contributed by atoms with van der Waals surface area (Å²) in [6.45, 7) is 1.46. The van der Waals surface area contributed by atoms with Crippen molar-refractivity contribution in [3.05, 3.63) is 29.8 Å². The molecule has 0 radical (unpaired) electrons.